The maximum absolute atomic E-state index is 12.8. The average molecular weight is 481 g/mol. The number of imide groups is 1. The standard InChI is InChI=1S/C23H24N6O4S/c30-20-18(34-23(32)26-20)14-17-15-19(27-10-12-33-13-11-27)25-22(24-17)29-8-6-28(7-9-29)21(31)16-4-2-1-3-5-16/h1-5,14-15H,6-13H2,(H,26,30,32). The van der Waals surface area contributed by atoms with Gasteiger partial charge >= 0.3 is 0 Å². The van der Waals surface area contributed by atoms with Crippen LogP contribution in [0.25, 0.3) is 6.08 Å². The van der Waals surface area contributed by atoms with Crippen molar-refractivity contribution in [3.63, 3.8) is 0 Å². The van der Waals surface area contributed by atoms with Gasteiger partial charge in [0.25, 0.3) is 17.1 Å². The molecule has 3 saturated heterocycles. The number of nitrogens with zero attached hydrogens (tertiary/aromatic N) is 5. The molecule has 1 aromatic heterocycles. The maximum Gasteiger partial charge on any atom is 0.290 e. The quantitative estimate of drug-likeness (QED) is 0.653. The Morgan fingerprint density at radius 3 is 2.38 bits per heavy atom. The van der Waals surface area contributed by atoms with Gasteiger partial charge in [0, 0.05) is 50.9 Å². The second-order valence-corrected chi connectivity index (χ2v) is 9.06. The van der Waals surface area contributed by atoms with Gasteiger partial charge in [-0.25, -0.2) is 4.98 Å². The van der Waals surface area contributed by atoms with Crippen LogP contribution in [-0.2, 0) is 9.53 Å². The molecule has 5 rings (SSSR count). The third-order valence-corrected chi connectivity index (χ3v) is 6.66. The number of thioether (sulfide) groups is 1. The monoisotopic (exact) mass is 480 g/mol. The highest BCUT2D eigenvalue weighted by Gasteiger charge is 2.27. The Hall–Kier alpha value is -3.44. The lowest BCUT2D eigenvalue weighted by Gasteiger charge is -2.35. The molecule has 2 aromatic rings. The van der Waals surface area contributed by atoms with Crippen LogP contribution < -0.4 is 15.1 Å². The SMILES string of the molecule is O=C1NC(=O)C(=Cc2cc(N3CCOCC3)nc(N3CCN(C(=O)c4ccccc4)CC3)n2)S1. The number of hydrogen-bond donors (Lipinski definition) is 1. The van der Waals surface area contributed by atoms with Crippen LogP contribution in [0.3, 0.4) is 0 Å². The molecule has 176 valence electrons. The summed E-state index contributed by atoms with van der Waals surface area (Å²) in [5.74, 6) is 0.883. The van der Waals surface area contributed by atoms with Crippen LogP contribution in [0.15, 0.2) is 41.3 Å². The number of benzene rings is 1. The number of carbonyl (C=O) groups is 3. The van der Waals surface area contributed by atoms with E-state index in [4.69, 9.17) is 9.72 Å². The zero-order valence-corrected chi connectivity index (χ0v) is 19.3. The van der Waals surface area contributed by atoms with Crippen molar-refractivity contribution < 1.29 is 19.1 Å². The summed E-state index contributed by atoms with van der Waals surface area (Å²) in [7, 11) is 0. The first kappa shape index (κ1) is 22.4. The first-order chi connectivity index (χ1) is 16.6. The number of piperazine rings is 1. The van der Waals surface area contributed by atoms with Crippen LogP contribution in [0.2, 0.25) is 0 Å². The smallest absolute Gasteiger partial charge is 0.290 e. The van der Waals surface area contributed by atoms with Crippen molar-refractivity contribution >= 4 is 46.7 Å². The van der Waals surface area contributed by atoms with Gasteiger partial charge in [-0.2, -0.15) is 4.98 Å². The third-order valence-electron chi connectivity index (χ3n) is 5.85. The number of morpholine rings is 1. The van der Waals surface area contributed by atoms with Gasteiger partial charge in [0.05, 0.1) is 23.8 Å². The van der Waals surface area contributed by atoms with Gasteiger partial charge in [0.2, 0.25) is 5.95 Å². The molecular weight excluding hydrogens is 456 g/mol. The summed E-state index contributed by atoms with van der Waals surface area (Å²) < 4.78 is 5.46. The number of carbonyl (C=O) groups excluding carboxylic acids is 3. The summed E-state index contributed by atoms with van der Waals surface area (Å²) >= 11 is 0.863. The molecule has 0 aliphatic carbocycles. The Morgan fingerprint density at radius 2 is 1.71 bits per heavy atom. The lowest BCUT2D eigenvalue weighted by Crippen LogP contribution is -2.49. The number of aromatic nitrogens is 2. The fraction of sp³-hybridized carbons (Fsp3) is 0.348. The molecule has 0 atom stereocenters. The minimum atomic E-state index is -0.420. The molecule has 1 aromatic carbocycles. The first-order valence-corrected chi connectivity index (χ1v) is 11.9. The van der Waals surface area contributed by atoms with Gasteiger partial charge in [-0.15, -0.1) is 0 Å². The van der Waals surface area contributed by atoms with Crippen LogP contribution in [-0.4, -0.2) is 84.4 Å². The fourth-order valence-electron chi connectivity index (χ4n) is 4.04. The van der Waals surface area contributed by atoms with E-state index in [-0.39, 0.29) is 5.91 Å². The largest absolute Gasteiger partial charge is 0.378 e. The predicted molar refractivity (Wildman–Crippen MR) is 129 cm³/mol. The molecular formula is C23H24N6O4S. The summed E-state index contributed by atoms with van der Waals surface area (Å²) in [5, 5.41) is 1.88. The highest BCUT2D eigenvalue weighted by molar-refractivity contribution is 8.18. The Labute approximate surface area is 201 Å². The molecule has 0 spiro atoms. The van der Waals surface area contributed by atoms with E-state index in [0.717, 1.165) is 17.6 Å². The van der Waals surface area contributed by atoms with E-state index in [9.17, 15) is 14.4 Å². The maximum atomic E-state index is 12.8. The van der Waals surface area contributed by atoms with Gasteiger partial charge in [-0.1, -0.05) is 18.2 Å². The van der Waals surface area contributed by atoms with Gasteiger partial charge in [0.1, 0.15) is 5.82 Å². The van der Waals surface area contributed by atoms with Crippen molar-refractivity contribution in [3.8, 4) is 0 Å². The number of hydrogen-bond acceptors (Lipinski definition) is 9. The molecule has 0 unspecified atom stereocenters. The van der Waals surface area contributed by atoms with E-state index in [1.807, 2.05) is 46.2 Å². The van der Waals surface area contributed by atoms with Crippen molar-refractivity contribution in [1.82, 2.24) is 20.2 Å². The number of nitrogens with one attached hydrogen (secondary N) is 1. The molecule has 0 radical (unpaired) electrons. The van der Waals surface area contributed by atoms with Crippen LogP contribution in [0.4, 0.5) is 16.6 Å². The molecule has 3 amide bonds. The molecule has 1 N–H and O–H groups in total. The van der Waals surface area contributed by atoms with Crippen molar-refractivity contribution in [2.24, 2.45) is 0 Å². The second-order valence-electron chi connectivity index (χ2n) is 8.05. The van der Waals surface area contributed by atoms with Gasteiger partial charge in [-0.05, 0) is 30.0 Å². The lowest BCUT2D eigenvalue weighted by molar-refractivity contribution is -0.115. The first-order valence-electron chi connectivity index (χ1n) is 11.1. The number of rotatable bonds is 4. The van der Waals surface area contributed by atoms with Crippen LogP contribution in [0.1, 0.15) is 16.1 Å². The van der Waals surface area contributed by atoms with Crippen LogP contribution in [0.5, 0.6) is 0 Å². The summed E-state index contributed by atoms with van der Waals surface area (Å²) in [6.45, 7) is 4.94. The van der Waals surface area contributed by atoms with E-state index in [1.165, 1.54) is 0 Å². The highest BCUT2D eigenvalue weighted by Crippen LogP contribution is 2.27. The predicted octanol–water partition coefficient (Wildman–Crippen LogP) is 1.60. The molecule has 11 heteroatoms. The molecule has 10 nitrogen and oxygen atoms in total. The molecule has 0 saturated carbocycles. The molecule has 3 aliphatic heterocycles. The minimum Gasteiger partial charge on any atom is -0.378 e. The summed E-state index contributed by atoms with van der Waals surface area (Å²) in [5.41, 5.74) is 1.24. The Bertz CT molecular complexity index is 1130. The fourth-order valence-corrected chi connectivity index (χ4v) is 4.70. The Kier molecular flexibility index (Phi) is 6.45. The van der Waals surface area contributed by atoms with E-state index in [2.05, 4.69) is 15.2 Å². The molecule has 34 heavy (non-hydrogen) atoms. The summed E-state index contributed by atoms with van der Waals surface area (Å²) in [6.07, 6.45) is 1.62. The highest BCUT2D eigenvalue weighted by atomic mass is 32.2. The molecule has 0 bridgehead atoms. The number of amides is 3. The Morgan fingerprint density at radius 1 is 0.971 bits per heavy atom. The van der Waals surface area contributed by atoms with E-state index < -0.39 is 11.1 Å². The Balaban J connectivity index is 1.37. The third kappa shape index (κ3) is 4.90. The topological polar surface area (TPSA) is 108 Å². The minimum absolute atomic E-state index is 0.0163. The van der Waals surface area contributed by atoms with Crippen molar-refractivity contribution in [2.45, 2.75) is 0 Å². The second kappa shape index (κ2) is 9.82. The molecule has 4 heterocycles. The van der Waals surface area contributed by atoms with Crippen molar-refractivity contribution in [2.75, 3.05) is 62.3 Å². The summed E-state index contributed by atoms with van der Waals surface area (Å²) in [6, 6.07) is 11.1. The zero-order valence-electron chi connectivity index (χ0n) is 18.5. The zero-order chi connectivity index (χ0) is 23.5. The van der Waals surface area contributed by atoms with Gasteiger partial charge in [-0.3, -0.25) is 19.7 Å². The number of anilines is 2. The van der Waals surface area contributed by atoms with Crippen molar-refractivity contribution in [3.05, 3.63) is 52.6 Å². The van der Waals surface area contributed by atoms with Crippen molar-refractivity contribution in [1.29, 1.82) is 0 Å². The number of ether oxygens (including phenoxy) is 1. The van der Waals surface area contributed by atoms with E-state index in [0.29, 0.717) is 74.6 Å². The lowest BCUT2D eigenvalue weighted by atomic mass is 10.2. The van der Waals surface area contributed by atoms with E-state index >= 15 is 0 Å². The average Bonchev–Trinajstić information content (AvgIpc) is 3.20. The molecule has 3 fully saturated rings. The summed E-state index contributed by atoms with van der Waals surface area (Å²) in [4.78, 5) is 52.2. The van der Waals surface area contributed by atoms with Crippen LogP contribution >= 0.6 is 11.8 Å². The normalized spacial score (nSPS) is 20.1. The van der Waals surface area contributed by atoms with E-state index in [1.54, 1.807) is 6.08 Å². The van der Waals surface area contributed by atoms with Crippen LogP contribution in [0, 0.1) is 0 Å². The molecule has 3 aliphatic rings. The van der Waals surface area contributed by atoms with Gasteiger partial charge < -0.3 is 19.4 Å². The van der Waals surface area contributed by atoms with Gasteiger partial charge in [0.15, 0.2) is 0 Å².